The summed E-state index contributed by atoms with van der Waals surface area (Å²) in [5.41, 5.74) is 1.81. The Morgan fingerprint density at radius 1 is 1.05 bits per heavy atom. The zero-order valence-electron chi connectivity index (χ0n) is 12.7. The van der Waals surface area contributed by atoms with Crippen LogP contribution in [0.4, 0.5) is 0 Å². The molecule has 2 rings (SSSR count). The monoisotopic (exact) mass is 346 g/mol. The van der Waals surface area contributed by atoms with Crippen LogP contribution in [0.25, 0.3) is 0 Å². The summed E-state index contributed by atoms with van der Waals surface area (Å²) < 4.78 is 6.82. The van der Waals surface area contributed by atoms with E-state index in [1.54, 1.807) is 19.1 Å². The van der Waals surface area contributed by atoms with Gasteiger partial charge in [0.25, 0.3) is 0 Å². The van der Waals surface area contributed by atoms with Crippen molar-refractivity contribution in [2.24, 2.45) is 0 Å². The second kappa shape index (κ2) is 6.02. The van der Waals surface area contributed by atoms with Gasteiger partial charge in [-0.05, 0) is 52.5 Å². The lowest BCUT2D eigenvalue weighted by Gasteiger charge is -2.22. The minimum Gasteiger partial charge on any atom is -0.456 e. The van der Waals surface area contributed by atoms with Gasteiger partial charge in [0.15, 0.2) is 5.78 Å². The fraction of sp³-hybridized carbons (Fsp3) is 0.278. The molecule has 0 spiro atoms. The number of ether oxygens (including phenoxy) is 1. The van der Waals surface area contributed by atoms with Crippen LogP contribution < -0.4 is 4.74 Å². The van der Waals surface area contributed by atoms with Crippen molar-refractivity contribution < 1.29 is 9.53 Å². The highest BCUT2D eigenvalue weighted by Gasteiger charge is 2.19. The summed E-state index contributed by atoms with van der Waals surface area (Å²) in [5.74, 6) is 1.58. The average Bonchev–Trinajstić information content (AvgIpc) is 2.40. The number of rotatable bonds is 3. The van der Waals surface area contributed by atoms with Gasteiger partial charge in [0, 0.05) is 11.1 Å². The van der Waals surface area contributed by atoms with Gasteiger partial charge in [-0.15, -0.1) is 0 Å². The van der Waals surface area contributed by atoms with Crippen LogP contribution in [0, 0.1) is 0 Å². The van der Waals surface area contributed by atoms with Crippen molar-refractivity contribution in [3.63, 3.8) is 0 Å². The van der Waals surface area contributed by atoms with Crippen LogP contribution in [0.2, 0.25) is 0 Å². The lowest BCUT2D eigenvalue weighted by Crippen LogP contribution is -2.12. The van der Waals surface area contributed by atoms with Gasteiger partial charge in [-0.1, -0.05) is 39.0 Å². The zero-order valence-corrected chi connectivity index (χ0v) is 14.3. The van der Waals surface area contributed by atoms with Crippen molar-refractivity contribution in [2.45, 2.75) is 33.1 Å². The molecule has 0 saturated heterocycles. The van der Waals surface area contributed by atoms with Gasteiger partial charge < -0.3 is 4.74 Å². The van der Waals surface area contributed by atoms with Crippen molar-refractivity contribution in [3.8, 4) is 11.5 Å². The van der Waals surface area contributed by atoms with E-state index in [9.17, 15) is 4.79 Å². The standard InChI is InChI=1S/C18H19BrO2/c1-12(20)13-9-10-17(15(19)11-13)21-16-8-6-5-7-14(16)18(2,3)4/h5-11H,1-4H3. The normalized spacial score (nSPS) is 11.3. The summed E-state index contributed by atoms with van der Waals surface area (Å²) >= 11 is 3.47. The summed E-state index contributed by atoms with van der Waals surface area (Å²) in [6.07, 6.45) is 0. The van der Waals surface area contributed by atoms with Crippen LogP contribution in [-0.4, -0.2) is 5.78 Å². The van der Waals surface area contributed by atoms with E-state index in [4.69, 9.17) is 4.74 Å². The first-order valence-electron chi connectivity index (χ1n) is 6.87. The Labute approximate surface area is 134 Å². The van der Waals surface area contributed by atoms with Gasteiger partial charge in [-0.2, -0.15) is 0 Å². The van der Waals surface area contributed by atoms with Crippen LogP contribution in [-0.2, 0) is 5.41 Å². The van der Waals surface area contributed by atoms with Crippen molar-refractivity contribution >= 4 is 21.7 Å². The van der Waals surface area contributed by atoms with E-state index in [1.165, 1.54) is 0 Å². The summed E-state index contributed by atoms with van der Waals surface area (Å²) in [5, 5.41) is 0. The van der Waals surface area contributed by atoms with Crippen LogP contribution in [0.3, 0.4) is 0 Å². The second-order valence-corrected chi connectivity index (χ2v) is 6.90. The largest absolute Gasteiger partial charge is 0.456 e. The molecule has 0 unspecified atom stereocenters. The SMILES string of the molecule is CC(=O)c1ccc(Oc2ccccc2C(C)(C)C)c(Br)c1. The Balaban J connectivity index is 2.38. The third kappa shape index (κ3) is 3.73. The Bertz CT molecular complexity index is 669. The number of benzene rings is 2. The number of ketones is 1. The summed E-state index contributed by atoms with van der Waals surface area (Å²) in [7, 11) is 0. The van der Waals surface area contributed by atoms with Gasteiger partial charge in [0.2, 0.25) is 0 Å². The lowest BCUT2D eigenvalue weighted by molar-refractivity contribution is 0.101. The molecular weight excluding hydrogens is 328 g/mol. The van der Waals surface area contributed by atoms with E-state index in [0.29, 0.717) is 11.3 Å². The molecule has 0 N–H and O–H groups in total. The molecule has 0 aliphatic carbocycles. The number of hydrogen-bond donors (Lipinski definition) is 0. The highest BCUT2D eigenvalue weighted by Crippen LogP contribution is 2.36. The smallest absolute Gasteiger partial charge is 0.159 e. The highest BCUT2D eigenvalue weighted by molar-refractivity contribution is 9.10. The zero-order chi connectivity index (χ0) is 15.6. The Hall–Kier alpha value is -1.61. The summed E-state index contributed by atoms with van der Waals surface area (Å²) in [4.78, 5) is 11.4. The van der Waals surface area contributed by atoms with Crippen molar-refractivity contribution in [1.82, 2.24) is 0 Å². The average molecular weight is 347 g/mol. The molecule has 21 heavy (non-hydrogen) atoms. The second-order valence-electron chi connectivity index (χ2n) is 6.05. The minimum absolute atomic E-state index is 0.00238. The third-order valence-electron chi connectivity index (χ3n) is 3.25. The van der Waals surface area contributed by atoms with Crippen molar-refractivity contribution in [2.75, 3.05) is 0 Å². The van der Waals surface area contributed by atoms with Gasteiger partial charge in [0.1, 0.15) is 11.5 Å². The number of Topliss-reactive ketones (excluding diaryl/α,β-unsaturated/α-hetero) is 1. The van der Waals surface area contributed by atoms with E-state index in [0.717, 1.165) is 15.8 Å². The molecule has 0 saturated carbocycles. The minimum atomic E-state index is 0.00238. The molecule has 2 aromatic carbocycles. The van der Waals surface area contributed by atoms with Gasteiger partial charge in [-0.3, -0.25) is 4.79 Å². The number of carbonyl (C=O) groups excluding carboxylic acids is 1. The van der Waals surface area contributed by atoms with Gasteiger partial charge in [-0.25, -0.2) is 0 Å². The van der Waals surface area contributed by atoms with Crippen LogP contribution in [0.1, 0.15) is 43.6 Å². The van der Waals surface area contributed by atoms with Crippen LogP contribution in [0.15, 0.2) is 46.9 Å². The van der Waals surface area contributed by atoms with E-state index in [2.05, 4.69) is 42.8 Å². The molecular formula is C18H19BrO2. The molecule has 110 valence electrons. The van der Waals surface area contributed by atoms with E-state index < -0.39 is 0 Å². The van der Waals surface area contributed by atoms with E-state index in [1.807, 2.05) is 24.3 Å². The number of halogens is 1. The number of hydrogen-bond acceptors (Lipinski definition) is 2. The van der Waals surface area contributed by atoms with E-state index in [-0.39, 0.29) is 11.2 Å². The molecule has 0 aliphatic rings. The summed E-state index contributed by atoms with van der Waals surface area (Å²) in [6, 6.07) is 13.4. The maximum atomic E-state index is 11.4. The first-order chi connectivity index (χ1) is 9.79. The molecule has 0 aromatic heterocycles. The quantitative estimate of drug-likeness (QED) is 0.662. The lowest BCUT2D eigenvalue weighted by atomic mass is 9.86. The molecule has 0 heterocycles. The van der Waals surface area contributed by atoms with Gasteiger partial charge in [0.05, 0.1) is 4.47 Å². The predicted molar refractivity (Wildman–Crippen MR) is 89.4 cm³/mol. The predicted octanol–water partition coefficient (Wildman–Crippen LogP) is 5.74. The molecule has 0 amide bonds. The molecule has 2 nitrogen and oxygen atoms in total. The first kappa shape index (κ1) is 15.8. The van der Waals surface area contributed by atoms with Crippen molar-refractivity contribution in [3.05, 3.63) is 58.1 Å². The Morgan fingerprint density at radius 2 is 1.71 bits per heavy atom. The van der Waals surface area contributed by atoms with Gasteiger partial charge >= 0.3 is 0 Å². The molecule has 0 fully saturated rings. The fourth-order valence-corrected chi connectivity index (χ4v) is 2.56. The fourth-order valence-electron chi connectivity index (χ4n) is 2.10. The van der Waals surface area contributed by atoms with Crippen molar-refractivity contribution in [1.29, 1.82) is 0 Å². The topological polar surface area (TPSA) is 26.3 Å². The maximum Gasteiger partial charge on any atom is 0.159 e. The highest BCUT2D eigenvalue weighted by atomic mass is 79.9. The Morgan fingerprint density at radius 3 is 2.29 bits per heavy atom. The Kier molecular flexibility index (Phi) is 4.52. The molecule has 0 radical (unpaired) electrons. The van der Waals surface area contributed by atoms with E-state index >= 15 is 0 Å². The maximum absolute atomic E-state index is 11.4. The molecule has 0 atom stereocenters. The molecule has 2 aromatic rings. The number of para-hydroxylation sites is 1. The first-order valence-corrected chi connectivity index (χ1v) is 7.66. The molecule has 0 bridgehead atoms. The molecule has 3 heteroatoms. The summed E-state index contributed by atoms with van der Waals surface area (Å²) in [6.45, 7) is 8.02. The van der Waals surface area contributed by atoms with Crippen LogP contribution in [0.5, 0.6) is 11.5 Å². The molecule has 0 aliphatic heterocycles. The van der Waals surface area contributed by atoms with Crippen LogP contribution >= 0.6 is 15.9 Å². The third-order valence-corrected chi connectivity index (χ3v) is 3.87. The number of carbonyl (C=O) groups is 1.